The molecule has 35 heavy (non-hydrogen) atoms. The van der Waals surface area contributed by atoms with Gasteiger partial charge in [0.2, 0.25) is 0 Å². The molecule has 0 amide bonds. The quantitative estimate of drug-likeness (QED) is 0.403. The maximum atomic E-state index is 14.1. The number of fused-ring (bicyclic) bond motifs is 1. The Morgan fingerprint density at radius 2 is 1.86 bits per heavy atom. The van der Waals surface area contributed by atoms with Gasteiger partial charge in [-0.1, -0.05) is 0 Å². The summed E-state index contributed by atoms with van der Waals surface area (Å²) in [5.41, 5.74) is 7.61. The van der Waals surface area contributed by atoms with Gasteiger partial charge in [0.15, 0.2) is 11.6 Å². The number of alkyl halides is 3. The Hall–Kier alpha value is -2.69. The number of halogens is 6. The lowest BCUT2D eigenvalue weighted by molar-refractivity contribution is -0.192. The highest BCUT2D eigenvalue weighted by atomic mass is 32.2. The molecule has 1 aromatic carbocycles. The van der Waals surface area contributed by atoms with Crippen molar-refractivity contribution in [2.75, 3.05) is 12.8 Å². The number of hydrogen-bond acceptors (Lipinski definition) is 7. The summed E-state index contributed by atoms with van der Waals surface area (Å²) in [6, 6.07) is 0.246. The van der Waals surface area contributed by atoms with Gasteiger partial charge in [-0.2, -0.15) is 22.4 Å². The average molecular weight is 529 g/mol. The van der Waals surface area contributed by atoms with Gasteiger partial charge in [0, 0.05) is 55.1 Å². The van der Waals surface area contributed by atoms with Gasteiger partial charge in [-0.3, -0.25) is 4.90 Å². The van der Waals surface area contributed by atoms with E-state index in [2.05, 4.69) is 15.3 Å². The van der Waals surface area contributed by atoms with Crippen LogP contribution in [0.1, 0.15) is 29.3 Å². The summed E-state index contributed by atoms with van der Waals surface area (Å²) in [7, 11) is -3.42. The second kappa shape index (κ2) is 9.75. The molecule has 0 unspecified atom stereocenters. The van der Waals surface area contributed by atoms with Gasteiger partial charge < -0.3 is 16.2 Å². The Balaban J connectivity index is 0.000000429. The molecule has 16 heteroatoms. The molecule has 3 atom stereocenters. The molecule has 4 rings (SSSR count). The standard InChI is InChI=1S/C17H20F3N5O2S.C2HF3O2/c1-28(26,27)25-7-9-6-24(8-15(9)23-25)11-4-14(21)17(22-5-11)12-2-10(18)3-13(19)16(12)20;3-2(4,5)1(6)7/h2-3,7,11,14,17,22H,4-6,8,21H2,1H3;(H,6,7)/t11-,14+,17-;/m1./s1. The highest BCUT2D eigenvalue weighted by molar-refractivity contribution is 7.89. The van der Waals surface area contributed by atoms with Crippen molar-refractivity contribution in [1.29, 1.82) is 0 Å². The van der Waals surface area contributed by atoms with Gasteiger partial charge in [-0.25, -0.2) is 26.4 Å². The number of carboxylic acid groups (broad SMARTS) is 1. The van der Waals surface area contributed by atoms with E-state index < -0.39 is 51.7 Å². The van der Waals surface area contributed by atoms with Crippen molar-refractivity contribution >= 4 is 16.0 Å². The lowest BCUT2D eigenvalue weighted by atomic mass is 9.89. The first-order valence-corrected chi connectivity index (χ1v) is 11.9. The van der Waals surface area contributed by atoms with Crippen molar-refractivity contribution in [1.82, 2.24) is 19.4 Å². The predicted octanol–water partition coefficient (Wildman–Crippen LogP) is 1.49. The molecule has 2 aliphatic heterocycles. The van der Waals surface area contributed by atoms with Crippen LogP contribution in [0, 0.1) is 17.5 Å². The molecule has 4 N–H and O–H groups in total. The number of carboxylic acids is 1. The van der Waals surface area contributed by atoms with Gasteiger partial charge in [0.05, 0.1) is 18.0 Å². The van der Waals surface area contributed by atoms with Gasteiger partial charge in [-0.05, 0) is 12.5 Å². The van der Waals surface area contributed by atoms with Crippen LogP contribution in [0.25, 0.3) is 0 Å². The number of carbonyl (C=O) groups is 1. The Bertz CT molecular complexity index is 1200. The van der Waals surface area contributed by atoms with Gasteiger partial charge in [0.1, 0.15) is 5.82 Å². The zero-order valence-electron chi connectivity index (χ0n) is 18.1. The van der Waals surface area contributed by atoms with Crippen molar-refractivity contribution in [2.24, 2.45) is 5.73 Å². The summed E-state index contributed by atoms with van der Waals surface area (Å²) in [6.45, 7) is 1.45. The number of aromatic nitrogens is 2. The van der Waals surface area contributed by atoms with E-state index in [-0.39, 0.29) is 11.6 Å². The second-order valence-electron chi connectivity index (χ2n) is 8.17. The first kappa shape index (κ1) is 26.9. The maximum Gasteiger partial charge on any atom is 0.490 e. The molecule has 1 saturated heterocycles. The van der Waals surface area contributed by atoms with Crippen molar-refractivity contribution in [3.05, 3.63) is 52.6 Å². The smallest absolute Gasteiger partial charge is 0.475 e. The van der Waals surface area contributed by atoms with Crippen molar-refractivity contribution in [3.63, 3.8) is 0 Å². The Kier molecular flexibility index (Phi) is 7.50. The van der Waals surface area contributed by atoms with Crippen LogP contribution in [0.2, 0.25) is 0 Å². The van der Waals surface area contributed by atoms with E-state index in [1.807, 2.05) is 0 Å². The highest BCUT2D eigenvalue weighted by Gasteiger charge is 2.38. The Morgan fingerprint density at radius 1 is 1.23 bits per heavy atom. The SMILES string of the molecule is CS(=O)(=O)n1cc2c(n1)CN([C@H]1CN[C@H](c3cc(F)cc(F)c3F)[C@@H](N)C1)C2.O=C(O)C(F)(F)F. The number of nitrogens with one attached hydrogen (secondary N) is 1. The normalized spacial score (nSPS) is 22.9. The van der Waals surface area contributed by atoms with Gasteiger partial charge in [-0.15, -0.1) is 0 Å². The zero-order chi connectivity index (χ0) is 26.3. The number of piperidine rings is 1. The molecule has 1 fully saturated rings. The molecule has 9 nitrogen and oxygen atoms in total. The fourth-order valence-electron chi connectivity index (χ4n) is 3.95. The van der Waals surface area contributed by atoms with Crippen LogP contribution in [0.3, 0.4) is 0 Å². The van der Waals surface area contributed by atoms with Crippen LogP contribution in [0.5, 0.6) is 0 Å². The van der Waals surface area contributed by atoms with Crippen molar-refractivity contribution in [2.45, 2.75) is 43.8 Å². The summed E-state index contributed by atoms with van der Waals surface area (Å²) in [5.74, 6) is -5.94. The van der Waals surface area contributed by atoms with Gasteiger partial charge >= 0.3 is 12.1 Å². The number of nitrogens with two attached hydrogens (primary N) is 1. The monoisotopic (exact) mass is 529 g/mol. The highest BCUT2D eigenvalue weighted by Crippen LogP contribution is 2.31. The summed E-state index contributed by atoms with van der Waals surface area (Å²) in [5, 5.41) is 14.3. The molecule has 3 heterocycles. The van der Waals surface area contributed by atoms with E-state index in [1.54, 1.807) is 0 Å². The minimum absolute atomic E-state index is 0.00796. The topological polar surface area (TPSA) is 131 Å². The Labute approximate surface area is 195 Å². The summed E-state index contributed by atoms with van der Waals surface area (Å²) < 4.78 is 97.0. The van der Waals surface area contributed by atoms with E-state index in [1.165, 1.54) is 6.20 Å². The third kappa shape index (κ3) is 6.12. The molecule has 0 spiro atoms. The summed E-state index contributed by atoms with van der Waals surface area (Å²) in [6.07, 6.45) is -1.99. The maximum absolute atomic E-state index is 14.1. The van der Waals surface area contributed by atoms with Crippen LogP contribution in [-0.2, 0) is 27.9 Å². The van der Waals surface area contributed by atoms with Crippen LogP contribution in [0.4, 0.5) is 26.3 Å². The largest absolute Gasteiger partial charge is 0.490 e. The summed E-state index contributed by atoms with van der Waals surface area (Å²) in [4.78, 5) is 11.0. The number of hydrogen-bond donors (Lipinski definition) is 3. The van der Waals surface area contributed by atoms with Crippen LogP contribution < -0.4 is 11.1 Å². The average Bonchev–Trinajstić information content (AvgIpc) is 3.30. The lowest BCUT2D eigenvalue weighted by Crippen LogP contribution is -2.54. The lowest BCUT2D eigenvalue weighted by Gasteiger charge is -2.39. The molecule has 194 valence electrons. The van der Waals surface area contributed by atoms with E-state index in [4.69, 9.17) is 15.6 Å². The third-order valence-corrected chi connectivity index (χ3v) is 6.45. The molecular formula is C19H21F6N5O4S. The van der Waals surface area contributed by atoms with E-state index >= 15 is 0 Å². The van der Waals surface area contributed by atoms with Crippen LogP contribution in [0.15, 0.2) is 18.3 Å². The molecule has 2 aromatic rings. The molecule has 2 aliphatic rings. The first-order chi connectivity index (χ1) is 16.1. The van der Waals surface area contributed by atoms with E-state index in [0.717, 1.165) is 22.0 Å². The number of nitrogens with zero attached hydrogens (tertiary/aromatic N) is 3. The zero-order valence-corrected chi connectivity index (χ0v) is 18.9. The van der Waals surface area contributed by atoms with Gasteiger partial charge in [0.25, 0.3) is 10.0 Å². The van der Waals surface area contributed by atoms with E-state index in [0.29, 0.717) is 37.8 Å². The predicted molar refractivity (Wildman–Crippen MR) is 109 cm³/mol. The molecule has 1 aromatic heterocycles. The number of benzene rings is 1. The minimum Gasteiger partial charge on any atom is -0.475 e. The van der Waals surface area contributed by atoms with E-state index in [9.17, 15) is 34.8 Å². The molecular weight excluding hydrogens is 508 g/mol. The third-order valence-electron chi connectivity index (χ3n) is 5.58. The molecule has 0 bridgehead atoms. The molecule has 0 saturated carbocycles. The van der Waals surface area contributed by atoms with Crippen molar-refractivity contribution < 1.29 is 44.7 Å². The van der Waals surface area contributed by atoms with Crippen LogP contribution in [-0.4, -0.2) is 64.6 Å². The second-order valence-corrected chi connectivity index (χ2v) is 10.0. The first-order valence-electron chi connectivity index (χ1n) is 10.0. The molecule has 0 radical (unpaired) electrons. The molecule has 0 aliphatic carbocycles. The fraction of sp³-hybridized carbons (Fsp3) is 0.474. The van der Waals surface area contributed by atoms with Crippen LogP contribution >= 0.6 is 0 Å². The fourth-order valence-corrected chi connectivity index (χ4v) is 4.51. The summed E-state index contributed by atoms with van der Waals surface area (Å²) >= 11 is 0. The minimum atomic E-state index is -5.08. The number of rotatable bonds is 3. The Morgan fingerprint density at radius 3 is 2.37 bits per heavy atom. The van der Waals surface area contributed by atoms with Crippen molar-refractivity contribution in [3.8, 4) is 0 Å². The number of aliphatic carboxylic acids is 1.